The Balaban J connectivity index is 1.88. The summed E-state index contributed by atoms with van der Waals surface area (Å²) in [6.45, 7) is 2.87. The Morgan fingerprint density at radius 3 is 2.50 bits per heavy atom. The Bertz CT molecular complexity index is 1150. The Kier molecular flexibility index (Phi) is 7.17. The van der Waals surface area contributed by atoms with Gasteiger partial charge in [0.1, 0.15) is 5.82 Å². The van der Waals surface area contributed by atoms with Crippen LogP contribution in [-0.4, -0.2) is 21.6 Å². The van der Waals surface area contributed by atoms with Crippen LogP contribution in [0.1, 0.15) is 38.2 Å². The average Bonchev–Trinajstić information content (AvgIpc) is 2.75. The fourth-order valence-electron chi connectivity index (χ4n) is 3.43. The van der Waals surface area contributed by atoms with E-state index in [1.54, 1.807) is 42.5 Å². The molecule has 3 rings (SSSR count). The normalized spacial score (nSPS) is 11.0. The van der Waals surface area contributed by atoms with Crippen LogP contribution in [-0.2, 0) is 17.9 Å². The van der Waals surface area contributed by atoms with Gasteiger partial charge in [-0.2, -0.15) is 0 Å². The molecule has 1 aromatic heterocycles. The molecule has 1 N–H and O–H groups in total. The molecule has 2 aromatic carbocycles. The molecule has 0 bridgehead atoms. The number of aromatic nitrogens is 2. The van der Waals surface area contributed by atoms with Crippen LogP contribution < -0.4 is 16.6 Å². The van der Waals surface area contributed by atoms with Gasteiger partial charge in [0, 0.05) is 25.1 Å². The first-order valence-corrected chi connectivity index (χ1v) is 10.3. The van der Waals surface area contributed by atoms with E-state index in [0.717, 1.165) is 6.42 Å². The molecular weight excluding hydrogens is 385 g/mol. The maximum atomic E-state index is 14.2. The van der Waals surface area contributed by atoms with Gasteiger partial charge in [0.2, 0.25) is 5.91 Å². The van der Waals surface area contributed by atoms with Crippen LogP contribution in [0.25, 0.3) is 10.9 Å². The lowest BCUT2D eigenvalue weighted by molar-refractivity contribution is -0.121. The molecule has 7 heteroatoms. The number of carbonyl (C=O) groups excluding carboxylic acids is 1. The minimum atomic E-state index is -0.475. The zero-order valence-corrected chi connectivity index (χ0v) is 17.1. The van der Waals surface area contributed by atoms with Crippen molar-refractivity contribution in [3.63, 3.8) is 0 Å². The highest BCUT2D eigenvalue weighted by atomic mass is 19.1. The molecule has 0 aliphatic carbocycles. The number of para-hydroxylation sites is 1. The molecular formula is C23H26FN3O3. The zero-order chi connectivity index (χ0) is 21.5. The third-order valence-corrected chi connectivity index (χ3v) is 5.03. The average molecular weight is 411 g/mol. The van der Waals surface area contributed by atoms with Crippen LogP contribution in [0.15, 0.2) is 58.1 Å². The first kappa shape index (κ1) is 21.5. The van der Waals surface area contributed by atoms with E-state index >= 15 is 0 Å². The van der Waals surface area contributed by atoms with Crippen molar-refractivity contribution in [2.75, 3.05) is 6.54 Å². The van der Waals surface area contributed by atoms with Crippen LogP contribution in [0, 0.1) is 5.82 Å². The van der Waals surface area contributed by atoms with Crippen molar-refractivity contribution >= 4 is 16.8 Å². The maximum Gasteiger partial charge on any atom is 0.331 e. The molecule has 1 heterocycles. The number of amides is 1. The minimum absolute atomic E-state index is 0.0281. The molecule has 6 nitrogen and oxygen atoms in total. The monoisotopic (exact) mass is 411 g/mol. The molecule has 30 heavy (non-hydrogen) atoms. The number of unbranched alkanes of at least 4 members (excludes halogenated alkanes) is 1. The first-order chi connectivity index (χ1) is 14.5. The number of nitrogens with one attached hydrogen (secondary N) is 1. The van der Waals surface area contributed by atoms with E-state index < -0.39 is 11.5 Å². The number of benzene rings is 2. The quantitative estimate of drug-likeness (QED) is 0.550. The fraction of sp³-hybridized carbons (Fsp3) is 0.348. The van der Waals surface area contributed by atoms with E-state index in [9.17, 15) is 18.8 Å². The van der Waals surface area contributed by atoms with E-state index in [4.69, 9.17) is 0 Å². The number of hydrogen-bond donors (Lipinski definition) is 1. The van der Waals surface area contributed by atoms with Gasteiger partial charge in [-0.3, -0.25) is 18.7 Å². The minimum Gasteiger partial charge on any atom is -0.356 e. The van der Waals surface area contributed by atoms with Gasteiger partial charge in [-0.15, -0.1) is 0 Å². The van der Waals surface area contributed by atoms with E-state index in [-0.39, 0.29) is 24.6 Å². The lowest BCUT2D eigenvalue weighted by Crippen LogP contribution is -2.40. The summed E-state index contributed by atoms with van der Waals surface area (Å²) in [7, 11) is 0. The third kappa shape index (κ3) is 4.84. The van der Waals surface area contributed by atoms with Crippen molar-refractivity contribution in [1.29, 1.82) is 0 Å². The van der Waals surface area contributed by atoms with Crippen molar-refractivity contribution in [3.05, 3.63) is 80.7 Å². The SMILES string of the molecule is CCCNC(=O)CCCCn1c(=O)c2ccccc2n(Cc2ccccc2F)c1=O. The largest absolute Gasteiger partial charge is 0.356 e. The van der Waals surface area contributed by atoms with Gasteiger partial charge in [0.05, 0.1) is 17.4 Å². The number of rotatable bonds is 9. The van der Waals surface area contributed by atoms with E-state index in [0.29, 0.717) is 42.3 Å². The van der Waals surface area contributed by atoms with Crippen molar-refractivity contribution in [2.45, 2.75) is 45.7 Å². The van der Waals surface area contributed by atoms with E-state index in [2.05, 4.69) is 5.32 Å². The summed E-state index contributed by atoms with van der Waals surface area (Å²) in [5.74, 6) is -0.427. The van der Waals surface area contributed by atoms with Gasteiger partial charge in [0.25, 0.3) is 5.56 Å². The van der Waals surface area contributed by atoms with Gasteiger partial charge in [-0.25, -0.2) is 9.18 Å². The Morgan fingerprint density at radius 1 is 1.00 bits per heavy atom. The van der Waals surface area contributed by atoms with Gasteiger partial charge in [-0.1, -0.05) is 37.3 Å². The van der Waals surface area contributed by atoms with E-state index in [1.165, 1.54) is 15.2 Å². The third-order valence-electron chi connectivity index (χ3n) is 5.03. The summed E-state index contributed by atoms with van der Waals surface area (Å²) in [6.07, 6.45) is 2.32. The van der Waals surface area contributed by atoms with Crippen LogP contribution in [0.4, 0.5) is 4.39 Å². The summed E-state index contributed by atoms with van der Waals surface area (Å²) in [5, 5.41) is 3.22. The smallest absolute Gasteiger partial charge is 0.331 e. The fourth-order valence-corrected chi connectivity index (χ4v) is 3.43. The second kappa shape index (κ2) is 10.0. The number of fused-ring (bicyclic) bond motifs is 1. The highest BCUT2D eigenvalue weighted by Crippen LogP contribution is 2.13. The lowest BCUT2D eigenvalue weighted by atomic mass is 10.2. The number of hydrogen-bond acceptors (Lipinski definition) is 3. The second-order valence-corrected chi connectivity index (χ2v) is 7.24. The highest BCUT2D eigenvalue weighted by molar-refractivity contribution is 5.78. The van der Waals surface area contributed by atoms with Crippen LogP contribution in [0.3, 0.4) is 0 Å². The van der Waals surface area contributed by atoms with E-state index in [1.807, 2.05) is 6.92 Å². The molecule has 0 aliphatic rings. The van der Waals surface area contributed by atoms with Crippen LogP contribution in [0.2, 0.25) is 0 Å². The summed E-state index contributed by atoms with van der Waals surface area (Å²) in [6, 6.07) is 13.1. The number of carbonyl (C=O) groups is 1. The standard InChI is InChI=1S/C23H26FN3O3/c1-2-14-25-21(28)13-7-8-15-26-22(29)18-10-4-6-12-20(18)27(23(26)30)16-17-9-3-5-11-19(17)24/h3-6,9-12H,2,7-8,13-16H2,1H3,(H,25,28). The molecule has 0 atom stereocenters. The maximum absolute atomic E-state index is 14.2. The summed E-state index contributed by atoms with van der Waals surface area (Å²) >= 11 is 0. The number of halogens is 1. The number of nitrogens with zero attached hydrogens (tertiary/aromatic N) is 2. The Morgan fingerprint density at radius 2 is 1.73 bits per heavy atom. The van der Waals surface area contributed by atoms with Crippen molar-refractivity contribution in [3.8, 4) is 0 Å². The molecule has 3 aromatic rings. The molecule has 0 radical (unpaired) electrons. The predicted octanol–water partition coefficient (Wildman–Crippen LogP) is 3.05. The topological polar surface area (TPSA) is 73.1 Å². The lowest BCUT2D eigenvalue weighted by Gasteiger charge is -2.14. The first-order valence-electron chi connectivity index (χ1n) is 10.3. The predicted molar refractivity (Wildman–Crippen MR) is 115 cm³/mol. The van der Waals surface area contributed by atoms with Gasteiger partial charge < -0.3 is 5.32 Å². The molecule has 0 unspecified atom stereocenters. The highest BCUT2D eigenvalue weighted by Gasteiger charge is 2.14. The van der Waals surface area contributed by atoms with Crippen LogP contribution in [0.5, 0.6) is 0 Å². The van der Waals surface area contributed by atoms with Gasteiger partial charge >= 0.3 is 5.69 Å². The molecule has 1 amide bonds. The van der Waals surface area contributed by atoms with Crippen molar-refractivity contribution in [2.24, 2.45) is 0 Å². The molecule has 0 aliphatic heterocycles. The van der Waals surface area contributed by atoms with Crippen molar-refractivity contribution < 1.29 is 9.18 Å². The summed E-state index contributed by atoms with van der Waals surface area (Å²) in [5.41, 5.74) is 0.0155. The zero-order valence-electron chi connectivity index (χ0n) is 17.1. The molecule has 0 saturated carbocycles. The Labute approximate surface area is 174 Å². The molecule has 0 spiro atoms. The van der Waals surface area contributed by atoms with Crippen LogP contribution >= 0.6 is 0 Å². The van der Waals surface area contributed by atoms with Gasteiger partial charge in [0.15, 0.2) is 0 Å². The van der Waals surface area contributed by atoms with Gasteiger partial charge in [-0.05, 0) is 37.5 Å². The molecule has 0 fully saturated rings. The second-order valence-electron chi connectivity index (χ2n) is 7.24. The van der Waals surface area contributed by atoms with Crippen molar-refractivity contribution in [1.82, 2.24) is 14.5 Å². The molecule has 0 saturated heterocycles. The molecule has 158 valence electrons. The summed E-state index contributed by atoms with van der Waals surface area (Å²) in [4.78, 5) is 37.7. The summed E-state index contributed by atoms with van der Waals surface area (Å²) < 4.78 is 16.8. The Hall–Kier alpha value is -3.22.